The van der Waals surface area contributed by atoms with Crippen LogP contribution >= 0.6 is 11.6 Å². The van der Waals surface area contributed by atoms with Crippen molar-refractivity contribution in [3.8, 4) is 5.75 Å². The number of hydrogen-bond donors (Lipinski definition) is 2. The molecule has 1 aromatic rings. The van der Waals surface area contributed by atoms with Crippen molar-refractivity contribution < 1.29 is 19.4 Å². The van der Waals surface area contributed by atoms with Gasteiger partial charge in [-0.25, -0.2) is 4.79 Å². The van der Waals surface area contributed by atoms with Gasteiger partial charge >= 0.3 is 5.97 Å². The summed E-state index contributed by atoms with van der Waals surface area (Å²) in [5.74, 6) is -1.10. The zero-order valence-electron chi connectivity index (χ0n) is 12.2. The predicted octanol–water partition coefficient (Wildman–Crippen LogP) is 2.79. The third-order valence-corrected chi connectivity index (χ3v) is 3.24. The van der Waals surface area contributed by atoms with Gasteiger partial charge in [0.15, 0.2) is 6.61 Å². The molecular weight excluding hydrogens is 294 g/mol. The molecule has 0 saturated heterocycles. The third-order valence-electron chi connectivity index (χ3n) is 2.93. The molecule has 2 N–H and O–H groups in total. The Balaban J connectivity index is 2.52. The Kier molecular flexibility index (Phi) is 7.02. The lowest BCUT2D eigenvalue weighted by atomic mass is 10.1. The van der Waals surface area contributed by atoms with Crippen molar-refractivity contribution in [3.05, 3.63) is 28.8 Å². The van der Waals surface area contributed by atoms with E-state index in [0.717, 1.165) is 18.4 Å². The van der Waals surface area contributed by atoms with Crippen LogP contribution in [0.4, 0.5) is 0 Å². The van der Waals surface area contributed by atoms with Crippen LogP contribution in [0, 0.1) is 6.92 Å². The molecule has 0 radical (unpaired) electrons. The first-order chi connectivity index (χ1) is 9.93. The van der Waals surface area contributed by atoms with Crippen molar-refractivity contribution in [3.63, 3.8) is 0 Å². The molecule has 1 aromatic carbocycles. The van der Waals surface area contributed by atoms with Gasteiger partial charge < -0.3 is 15.2 Å². The van der Waals surface area contributed by atoms with Gasteiger partial charge in [0.2, 0.25) is 0 Å². The summed E-state index contributed by atoms with van der Waals surface area (Å²) in [7, 11) is 0. The molecule has 6 heteroatoms. The van der Waals surface area contributed by atoms with E-state index < -0.39 is 17.9 Å². The average molecular weight is 314 g/mol. The fraction of sp³-hybridized carbons (Fsp3) is 0.467. The highest BCUT2D eigenvalue weighted by molar-refractivity contribution is 6.32. The van der Waals surface area contributed by atoms with E-state index in [0.29, 0.717) is 17.2 Å². The van der Waals surface area contributed by atoms with E-state index in [1.165, 1.54) is 0 Å². The normalized spacial score (nSPS) is 11.8. The van der Waals surface area contributed by atoms with Gasteiger partial charge in [-0.1, -0.05) is 37.4 Å². The van der Waals surface area contributed by atoms with Crippen molar-refractivity contribution >= 4 is 23.5 Å². The number of hydrogen-bond acceptors (Lipinski definition) is 3. The first kappa shape index (κ1) is 17.3. The molecule has 1 rings (SSSR count). The third kappa shape index (κ3) is 6.04. The number of aryl methyl sites for hydroxylation is 1. The summed E-state index contributed by atoms with van der Waals surface area (Å²) in [5.41, 5.74) is 0.959. The minimum absolute atomic E-state index is 0.265. The molecule has 1 unspecified atom stereocenters. The molecule has 0 fully saturated rings. The van der Waals surface area contributed by atoms with Crippen molar-refractivity contribution in [2.75, 3.05) is 6.61 Å². The van der Waals surface area contributed by atoms with Gasteiger partial charge in [0.1, 0.15) is 11.8 Å². The second kappa shape index (κ2) is 8.52. The van der Waals surface area contributed by atoms with Gasteiger partial charge in [0.05, 0.1) is 5.02 Å². The van der Waals surface area contributed by atoms with Crippen LogP contribution in [0.5, 0.6) is 5.75 Å². The Bertz CT molecular complexity index is 504. The SMILES string of the molecule is CCCCC(NC(=O)COc1cc(C)ccc1Cl)C(=O)O. The predicted molar refractivity (Wildman–Crippen MR) is 80.8 cm³/mol. The van der Waals surface area contributed by atoms with Crippen molar-refractivity contribution in [2.24, 2.45) is 0 Å². The van der Waals surface area contributed by atoms with Crippen molar-refractivity contribution in [1.29, 1.82) is 0 Å². The second-order valence-corrected chi connectivity index (χ2v) is 5.23. The van der Waals surface area contributed by atoms with Crippen LogP contribution in [0.1, 0.15) is 31.7 Å². The van der Waals surface area contributed by atoms with Crippen LogP contribution in [0.2, 0.25) is 5.02 Å². The van der Waals surface area contributed by atoms with E-state index in [4.69, 9.17) is 21.4 Å². The van der Waals surface area contributed by atoms with Crippen LogP contribution < -0.4 is 10.1 Å². The highest BCUT2D eigenvalue weighted by Gasteiger charge is 2.19. The standard InChI is InChI=1S/C15H20ClNO4/c1-3-4-5-12(15(19)20)17-14(18)9-21-13-8-10(2)6-7-11(13)16/h6-8,12H,3-5,9H2,1-2H3,(H,17,18)(H,19,20). The Morgan fingerprint density at radius 3 is 2.76 bits per heavy atom. The van der Waals surface area contributed by atoms with E-state index in [9.17, 15) is 9.59 Å². The van der Waals surface area contributed by atoms with Gasteiger partial charge in [-0.2, -0.15) is 0 Å². The van der Waals surface area contributed by atoms with Crippen LogP contribution in [0.3, 0.4) is 0 Å². The molecule has 0 heterocycles. The second-order valence-electron chi connectivity index (χ2n) is 4.82. The van der Waals surface area contributed by atoms with Gasteiger partial charge in [-0.15, -0.1) is 0 Å². The maximum atomic E-state index is 11.7. The van der Waals surface area contributed by atoms with Crippen LogP contribution in [0.15, 0.2) is 18.2 Å². The minimum atomic E-state index is -1.04. The topological polar surface area (TPSA) is 75.6 Å². The number of unbranched alkanes of at least 4 members (excludes halogenated alkanes) is 1. The number of carbonyl (C=O) groups is 2. The highest BCUT2D eigenvalue weighted by Crippen LogP contribution is 2.25. The molecule has 1 atom stereocenters. The lowest BCUT2D eigenvalue weighted by Gasteiger charge is -2.15. The largest absolute Gasteiger partial charge is 0.482 e. The number of ether oxygens (including phenoxy) is 1. The molecule has 0 aliphatic rings. The summed E-state index contributed by atoms with van der Waals surface area (Å²) in [6.07, 6.45) is 2.01. The molecule has 1 amide bonds. The van der Waals surface area contributed by atoms with Crippen LogP contribution in [-0.4, -0.2) is 29.6 Å². The first-order valence-corrected chi connectivity index (χ1v) is 7.23. The molecule has 116 valence electrons. The molecule has 0 saturated carbocycles. The number of nitrogens with one attached hydrogen (secondary N) is 1. The monoisotopic (exact) mass is 313 g/mol. The summed E-state index contributed by atoms with van der Waals surface area (Å²) in [6.45, 7) is 3.58. The maximum absolute atomic E-state index is 11.7. The number of carbonyl (C=O) groups excluding carboxylic acids is 1. The Hall–Kier alpha value is -1.75. The van der Waals surface area contributed by atoms with E-state index in [-0.39, 0.29) is 6.61 Å². The van der Waals surface area contributed by atoms with Gasteiger partial charge in [-0.3, -0.25) is 4.79 Å². The summed E-state index contributed by atoms with van der Waals surface area (Å²) in [5, 5.41) is 11.9. The van der Waals surface area contributed by atoms with Crippen LogP contribution in [-0.2, 0) is 9.59 Å². The molecule has 0 aromatic heterocycles. The van der Waals surface area contributed by atoms with E-state index in [2.05, 4.69) is 5.32 Å². The quantitative estimate of drug-likeness (QED) is 0.774. The summed E-state index contributed by atoms with van der Waals surface area (Å²) in [6, 6.07) is 4.36. The van der Waals surface area contributed by atoms with Gasteiger partial charge in [0, 0.05) is 0 Å². The molecule has 5 nitrogen and oxygen atoms in total. The number of halogens is 1. The van der Waals surface area contributed by atoms with Gasteiger partial charge in [0.25, 0.3) is 5.91 Å². The van der Waals surface area contributed by atoms with E-state index >= 15 is 0 Å². The molecule has 0 aliphatic heterocycles. The van der Waals surface area contributed by atoms with E-state index in [1.807, 2.05) is 19.9 Å². The molecule has 0 aliphatic carbocycles. The lowest BCUT2D eigenvalue weighted by Crippen LogP contribution is -2.42. The fourth-order valence-electron chi connectivity index (χ4n) is 1.77. The molecular formula is C15H20ClNO4. The zero-order chi connectivity index (χ0) is 15.8. The smallest absolute Gasteiger partial charge is 0.326 e. The lowest BCUT2D eigenvalue weighted by molar-refractivity contribution is -0.142. The fourth-order valence-corrected chi connectivity index (χ4v) is 1.94. The summed E-state index contributed by atoms with van der Waals surface area (Å²) >= 11 is 5.95. The Morgan fingerprint density at radius 1 is 1.43 bits per heavy atom. The van der Waals surface area contributed by atoms with E-state index in [1.54, 1.807) is 12.1 Å². The number of carboxylic acids is 1. The minimum Gasteiger partial charge on any atom is -0.482 e. The number of carboxylic acid groups (broad SMARTS) is 1. The highest BCUT2D eigenvalue weighted by atomic mass is 35.5. The first-order valence-electron chi connectivity index (χ1n) is 6.85. The zero-order valence-corrected chi connectivity index (χ0v) is 12.9. The molecule has 21 heavy (non-hydrogen) atoms. The number of rotatable bonds is 8. The van der Waals surface area contributed by atoms with Crippen LogP contribution in [0.25, 0.3) is 0 Å². The maximum Gasteiger partial charge on any atom is 0.326 e. The molecule has 0 spiro atoms. The Morgan fingerprint density at radius 2 is 2.14 bits per heavy atom. The van der Waals surface area contributed by atoms with Gasteiger partial charge in [-0.05, 0) is 31.0 Å². The number of amides is 1. The number of aliphatic carboxylic acids is 1. The van der Waals surface area contributed by atoms with Crippen molar-refractivity contribution in [1.82, 2.24) is 5.32 Å². The Labute approximate surface area is 129 Å². The molecule has 0 bridgehead atoms. The number of benzene rings is 1. The average Bonchev–Trinajstić information content (AvgIpc) is 2.44. The summed E-state index contributed by atoms with van der Waals surface area (Å²) in [4.78, 5) is 22.8. The summed E-state index contributed by atoms with van der Waals surface area (Å²) < 4.78 is 5.33. The van der Waals surface area contributed by atoms with Crippen molar-refractivity contribution in [2.45, 2.75) is 39.2 Å².